The number of amides is 1. The van der Waals surface area contributed by atoms with Gasteiger partial charge in [-0.25, -0.2) is 9.07 Å². The number of aliphatic hydroxyl groups is 1. The Bertz CT molecular complexity index is 1260. The smallest absolute Gasteiger partial charge is 0.264 e. The number of aromatic nitrogens is 3. The number of methoxy groups -OCH3 is 1. The normalized spacial score (nSPS) is 20.3. The highest BCUT2D eigenvalue weighted by atomic mass is 32.1. The van der Waals surface area contributed by atoms with Crippen molar-refractivity contribution < 1.29 is 19.0 Å². The van der Waals surface area contributed by atoms with Crippen molar-refractivity contribution in [1.29, 1.82) is 0 Å². The Morgan fingerprint density at radius 2 is 1.91 bits per heavy atom. The predicted octanol–water partition coefficient (Wildman–Crippen LogP) is 4.34. The molecule has 0 bridgehead atoms. The van der Waals surface area contributed by atoms with E-state index in [9.17, 15) is 14.3 Å². The molecule has 3 heterocycles. The van der Waals surface area contributed by atoms with Crippen LogP contribution in [0.1, 0.15) is 33.7 Å². The highest BCUT2D eigenvalue weighted by molar-refractivity contribution is 7.12. The van der Waals surface area contributed by atoms with Crippen molar-refractivity contribution in [2.24, 2.45) is 0 Å². The molecule has 34 heavy (non-hydrogen) atoms. The maximum atomic E-state index is 13.3. The summed E-state index contributed by atoms with van der Waals surface area (Å²) in [6.45, 7) is 0.157. The van der Waals surface area contributed by atoms with Crippen LogP contribution in [0.5, 0.6) is 5.75 Å². The second-order valence-electron chi connectivity index (χ2n) is 8.18. The molecule has 4 aromatic rings. The Morgan fingerprint density at radius 3 is 2.59 bits per heavy atom. The van der Waals surface area contributed by atoms with Gasteiger partial charge in [0.1, 0.15) is 17.3 Å². The number of thiophene rings is 1. The third-order valence-electron chi connectivity index (χ3n) is 6.15. The second-order valence-corrected chi connectivity index (χ2v) is 9.13. The standard InChI is InChI=1S/C25H23FN4O3S/c1-33-19-10-6-17(7-11-19)21-13-22(23(31)15-29(21)25(32)24-3-2-12-34-24)30-14-20(27-28-30)16-4-8-18(26)9-5-16/h2-12,14,21-23,31H,13,15H2,1H3/t21-,22+,23+/m1/s1. The van der Waals surface area contributed by atoms with E-state index in [2.05, 4.69) is 10.3 Å². The lowest BCUT2D eigenvalue weighted by Crippen LogP contribution is -2.49. The minimum Gasteiger partial charge on any atom is -0.497 e. The fraction of sp³-hybridized carbons (Fsp3) is 0.240. The molecule has 1 saturated heterocycles. The fourth-order valence-electron chi connectivity index (χ4n) is 4.35. The van der Waals surface area contributed by atoms with E-state index in [4.69, 9.17) is 4.74 Å². The molecule has 3 atom stereocenters. The SMILES string of the molecule is COc1ccc([C@H]2C[C@H](n3cc(-c4ccc(F)cc4)nn3)[C@@H](O)CN2C(=O)c2cccs2)cc1. The van der Waals surface area contributed by atoms with E-state index in [0.717, 1.165) is 16.9 Å². The number of rotatable bonds is 5. The van der Waals surface area contributed by atoms with Crippen LogP contribution in [0.3, 0.4) is 0 Å². The first-order valence-electron chi connectivity index (χ1n) is 10.9. The summed E-state index contributed by atoms with van der Waals surface area (Å²) in [7, 11) is 1.61. The molecular formula is C25H23FN4O3S. The van der Waals surface area contributed by atoms with Crippen molar-refractivity contribution in [3.8, 4) is 17.0 Å². The first-order valence-corrected chi connectivity index (χ1v) is 11.8. The zero-order chi connectivity index (χ0) is 23.7. The summed E-state index contributed by atoms with van der Waals surface area (Å²) < 4.78 is 20.2. The van der Waals surface area contributed by atoms with E-state index in [1.165, 1.54) is 23.5 Å². The number of likely N-dealkylation sites (tertiary alicyclic amines) is 1. The molecule has 0 saturated carbocycles. The maximum absolute atomic E-state index is 13.3. The number of aliphatic hydroxyl groups excluding tert-OH is 1. The maximum Gasteiger partial charge on any atom is 0.264 e. The quantitative estimate of drug-likeness (QED) is 0.462. The van der Waals surface area contributed by atoms with Gasteiger partial charge in [-0.3, -0.25) is 4.79 Å². The van der Waals surface area contributed by atoms with E-state index in [0.29, 0.717) is 17.0 Å². The average Bonchev–Trinajstić information content (AvgIpc) is 3.57. The van der Waals surface area contributed by atoms with Crippen LogP contribution >= 0.6 is 11.3 Å². The minimum atomic E-state index is -0.832. The molecule has 1 aliphatic rings. The number of hydrogen-bond acceptors (Lipinski definition) is 6. The van der Waals surface area contributed by atoms with Crippen LogP contribution in [0.15, 0.2) is 72.2 Å². The monoisotopic (exact) mass is 478 g/mol. The Morgan fingerprint density at radius 1 is 1.15 bits per heavy atom. The highest BCUT2D eigenvalue weighted by Gasteiger charge is 2.40. The number of nitrogens with zero attached hydrogens (tertiary/aromatic N) is 4. The summed E-state index contributed by atoms with van der Waals surface area (Å²) in [5, 5.41) is 21.4. The number of β-amino-alcohol motifs (C(OH)–C–C–N with tert-alkyl or cyclic N) is 1. The lowest BCUT2D eigenvalue weighted by Gasteiger charge is -2.42. The van der Waals surface area contributed by atoms with Crippen molar-refractivity contribution in [1.82, 2.24) is 19.9 Å². The van der Waals surface area contributed by atoms with Gasteiger partial charge in [-0.15, -0.1) is 16.4 Å². The topological polar surface area (TPSA) is 80.5 Å². The second kappa shape index (κ2) is 9.36. The van der Waals surface area contributed by atoms with Crippen LogP contribution in [-0.2, 0) is 0 Å². The fourth-order valence-corrected chi connectivity index (χ4v) is 5.03. The van der Waals surface area contributed by atoms with Crippen LogP contribution in [0.4, 0.5) is 4.39 Å². The van der Waals surface area contributed by atoms with Crippen LogP contribution in [0, 0.1) is 5.82 Å². The summed E-state index contributed by atoms with van der Waals surface area (Å²) in [5.74, 6) is 0.295. The summed E-state index contributed by atoms with van der Waals surface area (Å²) in [4.78, 5) is 15.7. The predicted molar refractivity (Wildman–Crippen MR) is 126 cm³/mol. The zero-order valence-electron chi connectivity index (χ0n) is 18.4. The molecule has 0 aliphatic carbocycles. The van der Waals surface area contributed by atoms with E-state index in [-0.39, 0.29) is 30.4 Å². The number of benzene rings is 2. The van der Waals surface area contributed by atoms with Gasteiger partial charge in [0, 0.05) is 12.1 Å². The highest BCUT2D eigenvalue weighted by Crippen LogP contribution is 2.38. The van der Waals surface area contributed by atoms with Gasteiger partial charge in [0.15, 0.2) is 0 Å². The number of carbonyl (C=O) groups excluding carboxylic acids is 1. The van der Waals surface area contributed by atoms with E-state index in [1.54, 1.807) is 41.1 Å². The van der Waals surface area contributed by atoms with Crippen molar-refractivity contribution in [2.45, 2.75) is 24.6 Å². The van der Waals surface area contributed by atoms with Crippen LogP contribution in [-0.4, -0.2) is 50.7 Å². The molecular weight excluding hydrogens is 455 g/mol. The van der Waals surface area contributed by atoms with Crippen molar-refractivity contribution in [3.05, 3.63) is 88.5 Å². The van der Waals surface area contributed by atoms with Crippen LogP contribution in [0.25, 0.3) is 11.3 Å². The van der Waals surface area contributed by atoms with E-state index in [1.807, 2.05) is 35.7 Å². The molecule has 2 aromatic carbocycles. The molecule has 0 spiro atoms. The Hall–Kier alpha value is -3.56. The first-order chi connectivity index (χ1) is 16.5. The van der Waals surface area contributed by atoms with Gasteiger partial charge in [-0.2, -0.15) is 0 Å². The van der Waals surface area contributed by atoms with Gasteiger partial charge in [-0.1, -0.05) is 23.4 Å². The largest absolute Gasteiger partial charge is 0.497 e. The molecule has 2 aromatic heterocycles. The number of hydrogen-bond donors (Lipinski definition) is 1. The summed E-state index contributed by atoms with van der Waals surface area (Å²) in [6.07, 6.45) is 1.38. The van der Waals surface area contributed by atoms with Crippen molar-refractivity contribution in [2.75, 3.05) is 13.7 Å². The van der Waals surface area contributed by atoms with Gasteiger partial charge in [0.25, 0.3) is 5.91 Å². The number of piperidine rings is 1. The van der Waals surface area contributed by atoms with E-state index >= 15 is 0 Å². The number of halogens is 1. The summed E-state index contributed by atoms with van der Waals surface area (Å²) >= 11 is 1.38. The molecule has 7 nitrogen and oxygen atoms in total. The van der Waals surface area contributed by atoms with Gasteiger partial charge in [0.2, 0.25) is 0 Å². The van der Waals surface area contributed by atoms with Crippen molar-refractivity contribution >= 4 is 17.2 Å². The molecule has 1 fully saturated rings. The molecule has 1 amide bonds. The molecule has 0 radical (unpaired) electrons. The molecule has 174 valence electrons. The lowest BCUT2D eigenvalue weighted by molar-refractivity contribution is -0.00383. The Labute approximate surface area is 200 Å². The van der Waals surface area contributed by atoms with Gasteiger partial charge in [0.05, 0.1) is 36.4 Å². The first kappa shape index (κ1) is 22.2. The molecule has 1 aliphatic heterocycles. The third kappa shape index (κ3) is 4.32. The van der Waals surface area contributed by atoms with Gasteiger partial charge >= 0.3 is 0 Å². The van der Waals surface area contributed by atoms with E-state index < -0.39 is 6.10 Å². The Balaban J connectivity index is 1.46. The summed E-state index contributed by atoms with van der Waals surface area (Å²) in [5.41, 5.74) is 2.27. The summed E-state index contributed by atoms with van der Waals surface area (Å²) in [6, 6.07) is 16.6. The Kier molecular flexibility index (Phi) is 6.12. The van der Waals surface area contributed by atoms with Gasteiger partial charge in [-0.05, 0) is 59.8 Å². The number of carbonyl (C=O) groups is 1. The van der Waals surface area contributed by atoms with Crippen LogP contribution in [0.2, 0.25) is 0 Å². The molecule has 5 rings (SSSR count). The van der Waals surface area contributed by atoms with Gasteiger partial charge < -0.3 is 14.7 Å². The zero-order valence-corrected chi connectivity index (χ0v) is 19.2. The number of ether oxygens (including phenoxy) is 1. The third-order valence-corrected chi connectivity index (χ3v) is 7.01. The molecule has 0 unspecified atom stereocenters. The minimum absolute atomic E-state index is 0.112. The van der Waals surface area contributed by atoms with Crippen molar-refractivity contribution in [3.63, 3.8) is 0 Å². The molecule has 1 N–H and O–H groups in total. The lowest BCUT2D eigenvalue weighted by atomic mass is 9.89. The average molecular weight is 479 g/mol. The molecule has 9 heteroatoms. The van der Waals surface area contributed by atoms with Crippen LogP contribution < -0.4 is 4.74 Å².